The molecule has 0 radical (unpaired) electrons. The summed E-state index contributed by atoms with van der Waals surface area (Å²) in [4.78, 5) is 12.2. The zero-order valence-electron chi connectivity index (χ0n) is 11.2. The number of hydrogen-bond donors (Lipinski definition) is 2. The van der Waals surface area contributed by atoms with Gasteiger partial charge in [-0.05, 0) is 35.7 Å². The van der Waals surface area contributed by atoms with Gasteiger partial charge in [0.25, 0.3) is 5.91 Å². The molecule has 6 nitrogen and oxygen atoms in total. The Kier molecular flexibility index (Phi) is 3.75. The first-order valence-corrected chi connectivity index (χ1v) is 6.69. The van der Waals surface area contributed by atoms with Gasteiger partial charge in [-0.25, -0.2) is 0 Å². The van der Waals surface area contributed by atoms with Crippen molar-refractivity contribution in [2.75, 3.05) is 5.32 Å². The first-order chi connectivity index (χ1) is 8.91. The van der Waals surface area contributed by atoms with Crippen molar-refractivity contribution in [3.8, 4) is 0 Å². The maximum atomic E-state index is 12.2. The van der Waals surface area contributed by atoms with Crippen LogP contribution in [0.15, 0.2) is 9.00 Å². The third-order valence-electron chi connectivity index (χ3n) is 2.80. The summed E-state index contributed by atoms with van der Waals surface area (Å²) in [6.45, 7) is 7.56. The molecule has 2 aromatic heterocycles. The lowest BCUT2D eigenvalue weighted by Gasteiger charge is -2.03. The maximum Gasteiger partial charge on any atom is 0.277 e. The fraction of sp³-hybridized carbons (Fsp3) is 0.417. The van der Waals surface area contributed by atoms with Crippen molar-refractivity contribution >= 4 is 27.5 Å². The number of amides is 1. The molecular weight excluding hydrogens is 312 g/mol. The Morgan fingerprint density at radius 1 is 1.42 bits per heavy atom. The first-order valence-electron chi connectivity index (χ1n) is 5.89. The molecule has 2 rings (SSSR count). The van der Waals surface area contributed by atoms with Gasteiger partial charge in [0.1, 0.15) is 11.4 Å². The molecule has 0 aromatic carbocycles. The Bertz CT molecular complexity index is 596. The highest BCUT2D eigenvalue weighted by atomic mass is 79.9. The predicted octanol–water partition coefficient (Wildman–Crippen LogP) is 3.15. The number of nitrogens with zero attached hydrogens (tertiary/aromatic N) is 2. The van der Waals surface area contributed by atoms with Crippen LogP contribution in [0.4, 0.5) is 5.69 Å². The highest BCUT2D eigenvalue weighted by Gasteiger charge is 2.21. The summed E-state index contributed by atoms with van der Waals surface area (Å²) in [7, 11) is 0. The van der Waals surface area contributed by atoms with Gasteiger partial charge in [0.05, 0.1) is 10.2 Å². The fourth-order valence-corrected chi connectivity index (χ4v) is 2.52. The van der Waals surface area contributed by atoms with Crippen LogP contribution in [0.1, 0.15) is 47.4 Å². The van der Waals surface area contributed by atoms with Crippen LogP contribution in [0, 0.1) is 13.8 Å². The van der Waals surface area contributed by atoms with Crippen molar-refractivity contribution in [3.05, 3.63) is 27.3 Å². The van der Waals surface area contributed by atoms with Crippen molar-refractivity contribution in [3.63, 3.8) is 0 Å². The Labute approximate surface area is 119 Å². The summed E-state index contributed by atoms with van der Waals surface area (Å²) in [6.07, 6.45) is 0. The molecule has 0 aliphatic heterocycles. The van der Waals surface area contributed by atoms with Gasteiger partial charge in [-0.3, -0.25) is 9.89 Å². The van der Waals surface area contributed by atoms with Crippen LogP contribution in [-0.4, -0.2) is 21.3 Å². The number of aromatic amines is 1. The minimum atomic E-state index is -0.301. The van der Waals surface area contributed by atoms with Crippen molar-refractivity contribution in [2.45, 2.75) is 33.6 Å². The van der Waals surface area contributed by atoms with Crippen LogP contribution in [0.5, 0.6) is 0 Å². The topological polar surface area (TPSA) is 83.8 Å². The van der Waals surface area contributed by atoms with Gasteiger partial charge >= 0.3 is 0 Å². The molecule has 2 heterocycles. The summed E-state index contributed by atoms with van der Waals surface area (Å²) in [5.41, 5.74) is 2.44. The molecule has 2 N–H and O–H groups in total. The fourth-order valence-electron chi connectivity index (χ4n) is 1.71. The highest BCUT2D eigenvalue weighted by Crippen LogP contribution is 2.27. The average Bonchev–Trinajstić information content (AvgIpc) is 2.86. The molecule has 0 aliphatic carbocycles. The lowest BCUT2D eigenvalue weighted by atomic mass is 10.1. The molecule has 1 amide bonds. The Hall–Kier alpha value is -1.63. The maximum absolute atomic E-state index is 12.2. The molecule has 0 unspecified atom stereocenters. The number of H-pyrrole nitrogens is 1. The van der Waals surface area contributed by atoms with E-state index in [2.05, 4.69) is 36.6 Å². The highest BCUT2D eigenvalue weighted by molar-refractivity contribution is 9.10. The molecule has 0 fully saturated rings. The van der Waals surface area contributed by atoms with Gasteiger partial charge in [-0.15, -0.1) is 0 Å². The average molecular weight is 327 g/mol. The normalized spacial score (nSPS) is 11.1. The number of aryl methyl sites for hydroxylation is 2. The van der Waals surface area contributed by atoms with Crippen LogP contribution < -0.4 is 5.32 Å². The first kappa shape index (κ1) is 13.8. The minimum Gasteiger partial charge on any atom is -0.359 e. The predicted molar refractivity (Wildman–Crippen MR) is 74.3 cm³/mol. The third-order valence-corrected chi connectivity index (χ3v) is 3.60. The molecule has 102 valence electrons. The molecule has 2 aromatic rings. The third kappa shape index (κ3) is 2.56. The Morgan fingerprint density at radius 3 is 2.58 bits per heavy atom. The van der Waals surface area contributed by atoms with E-state index < -0.39 is 0 Å². The molecule has 7 heteroatoms. The lowest BCUT2D eigenvalue weighted by Crippen LogP contribution is -2.14. The molecule has 0 bridgehead atoms. The lowest BCUT2D eigenvalue weighted by molar-refractivity contribution is 0.102. The molecular formula is C12H15BrN4O2. The zero-order chi connectivity index (χ0) is 14.2. The second-order valence-corrected chi connectivity index (χ2v) is 5.40. The van der Waals surface area contributed by atoms with E-state index in [0.717, 1.165) is 5.69 Å². The van der Waals surface area contributed by atoms with E-state index in [-0.39, 0.29) is 11.8 Å². The van der Waals surface area contributed by atoms with E-state index in [0.29, 0.717) is 27.3 Å². The van der Waals surface area contributed by atoms with E-state index in [1.165, 1.54) is 0 Å². The van der Waals surface area contributed by atoms with Gasteiger partial charge < -0.3 is 9.84 Å². The molecule has 0 aliphatic rings. The Balaban J connectivity index is 2.26. The molecule has 0 spiro atoms. The molecule has 0 atom stereocenters. The molecule has 0 saturated carbocycles. The van der Waals surface area contributed by atoms with Crippen LogP contribution >= 0.6 is 15.9 Å². The second kappa shape index (κ2) is 5.16. The van der Waals surface area contributed by atoms with Gasteiger partial charge in [-0.1, -0.05) is 19.0 Å². The van der Waals surface area contributed by atoms with Crippen molar-refractivity contribution < 1.29 is 9.32 Å². The number of nitrogens with one attached hydrogen (secondary N) is 2. The number of hydrogen-bond acceptors (Lipinski definition) is 4. The van der Waals surface area contributed by atoms with E-state index in [9.17, 15) is 4.79 Å². The zero-order valence-corrected chi connectivity index (χ0v) is 12.8. The van der Waals surface area contributed by atoms with Gasteiger partial charge in [-0.2, -0.15) is 5.10 Å². The standard InChI is InChI=1S/C12H15BrN4O2/c1-5(2)9-8(13)11(16-15-9)12(18)14-10-6(3)17-19-7(10)4/h5H,1-4H3,(H,14,18)(H,15,16). The van der Waals surface area contributed by atoms with Crippen LogP contribution in [0.2, 0.25) is 0 Å². The van der Waals surface area contributed by atoms with Crippen LogP contribution in [0.3, 0.4) is 0 Å². The summed E-state index contributed by atoms with van der Waals surface area (Å²) in [6, 6.07) is 0. The second-order valence-electron chi connectivity index (χ2n) is 4.61. The minimum absolute atomic E-state index is 0.252. The number of rotatable bonds is 3. The monoisotopic (exact) mass is 326 g/mol. The van der Waals surface area contributed by atoms with Crippen molar-refractivity contribution in [2.24, 2.45) is 0 Å². The molecule has 19 heavy (non-hydrogen) atoms. The quantitative estimate of drug-likeness (QED) is 0.907. The number of aromatic nitrogens is 3. The van der Waals surface area contributed by atoms with Crippen molar-refractivity contribution in [1.29, 1.82) is 0 Å². The molecule has 0 saturated heterocycles. The smallest absolute Gasteiger partial charge is 0.277 e. The van der Waals surface area contributed by atoms with E-state index in [1.807, 2.05) is 13.8 Å². The summed E-state index contributed by atoms with van der Waals surface area (Å²) >= 11 is 3.40. The number of anilines is 1. The number of carbonyl (C=O) groups is 1. The van der Waals surface area contributed by atoms with E-state index in [4.69, 9.17) is 4.52 Å². The summed E-state index contributed by atoms with van der Waals surface area (Å²) in [5.74, 6) is 0.522. The van der Waals surface area contributed by atoms with Gasteiger partial charge in [0.15, 0.2) is 11.5 Å². The number of halogens is 1. The van der Waals surface area contributed by atoms with Crippen LogP contribution in [0.25, 0.3) is 0 Å². The van der Waals surface area contributed by atoms with E-state index >= 15 is 0 Å². The van der Waals surface area contributed by atoms with E-state index in [1.54, 1.807) is 13.8 Å². The van der Waals surface area contributed by atoms with Crippen LogP contribution in [-0.2, 0) is 0 Å². The Morgan fingerprint density at radius 2 is 2.11 bits per heavy atom. The summed E-state index contributed by atoms with van der Waals surface area (Å²) in [5, 5.41) is 13.5. The summed E-state index contributed by atoms with van der Waals surface area (Å²) < 4.78 is 5.69. The largest absolute Gasteiger partial charge is 0.359 e. The van der Waals surface area contributed by atoms with Gasteiger partial charge in [0.2, 0.25) is 0 Å². The SMILES string of the molecule is Cc1noc(C)c1NC(=O)c1n[nH]c(C(C)C)c1Br. The number of carbonyl (C=O) groups excluding carboxylic acids is 1. The van der Waals surface area contributed by atoms with Crippen molar-refractivity contribution in [1.82, 2.24) is 15.4 Å². The van der Waals surface area contributed by atoms with Gasteiger partial charge in [0, 0.05) is 0 Å².